The lowest BCUT2D eigenvalue weighted by atomic mass is 9.95. The van der Waals surface area contributed by atoms with Crippen LogP contribution in [0.4, 0.5) is 0 Å². The molecule has 144 valence electrons. The van der Waals surface area contributed by atoms with Crippen LogP contribution in [0.5, 0.6) is 0 Å². The van der Waals surface area contributed by atoms with E-state index in [-0.39, 0.29) is 23.2 Å². The fourth-order valence-electron chi connectivity index (χ4n) is 2.94. The van der Waals surface area contributed by atoms with Crippen LogP contribution in [0.1, 0.15) is 64.5 Å². The Bertz CT molecular complexity index is 616. The second-order valence-electron chi connectivity index (χ2n) is 8.86. The SMILES string of the molecule is C=C1CCCCC(=O)O[C@@H](c2ccccc2)C[C@H]1O[Si](C)(C)C(C)(C)C. The summed E-state index contributed by atoms with van der Waals surface area (Å²) in [6.07, 6.45) is 3.47. The summed E-state index contributed by atoms with van der Waals surface area (Å²) in [4.78, 5) is 12.2. The third-order valence-electron chi connectivity index (χ3n) is 5.70. The molecule has 2 rings (SSSR count). The van der Waals surface area contributed by atoms with Gasteiger partial charge in [-0.05, 0) is 48.5 Å². The van der Waals surface area contributed by atoms with Gasteiger partial charge >= 0.3 is 5.97 Å². The highest BCUT2D eigenvalue weighted by Gasteiger charge is 2.40. The van der Waals surface area contributed by atoms with E-state index < -0.39 is 8.32 Å². The first-order valence-electron chi connectivity index (χ1n) is 9.70. The molecule has 0 saturated carbocycles. The minimum Gasteiger partial charge on any atom is -0.457 e. The second kappa shape index (κ2) is 8.53. The maximum Gasteiger partial charge on any atom is 0.306 e. The molecule has 0 amide bonds. The molecule has 4 heteroatoms. The summed E-state index contributed by atoms with van der Waals surface area (Å²) in [6.45, 7) is 15.6. The van der Waals surface area contributed by atoms with Gasteiger partial charge in [-0.3, -0.25) is 4.79 Å². The number of benzene rings is 1. The summed E-state index contributed by atoms with van der Waals surface area (Å²) < 4.78 is 12.6. The summed E-state index contributed by atoms with van der Waals surface area (Å²) in [5, 5.41) is 0.127. The van der Waals surface area contributed by atoms with Gasteiger partial charge in [-0.1, -0.05) is 57.7 Å². The predicted octanol–water partition coefficient (Wildman–Crippen LogP) is 6.18. The highest BCUT2D eigenvalue weighted by molar-refractivity contribution is 6.74. The molecule has 0 aromatic heterocycles. The Morgan fingerprint density at radius 1 is 1.12 bits per heavy atom. The predicted molar refractivity (Wildman–Crippen MR) is 110 cm³/mol. The number of rotatable bonds is 3. The minimum absolute atomic E-state index is 0.0769. The maximum atomic E-state index is 12.2. The largest absolute Gasteiger partial charge is 0.457 e. The summed E-state index contributed by atoms with van der Waals surface area (Å²) in [6, 6.07) is 10.0. The zero-order valence-corrected chi connectivity index (χ0v) is 18.0. The number of carbonyl (C=O) groups is 1. The number of hydrogen-bond donors (Lipinski definition) is 0. The lowest BCUT2D eigenvalue weighted by molar-refractivity contribution is -0.151. The van der Waals surface area contributed by atoms with Crippen molar-refractivity contribution in [3.63, 3.8) is 0 Å². The maximum absolute atomic E-state index is 12.2. The van der Waals surface area contributed by atoms with Crippen molar-refractivity contribution in [2.45, 2.75) is 83.2 Å². The first-order chi connectivity index (χ1) is 12.1. The Labute approximate surface area is 159 Å². The molecule has 0 spiro atoms. The van der Waals surface area contributed by atoms with Crippen LogP contribution >= 0.6 is 0 Å². The van der Waals surface area contributed by atoms with Crippen molar-refractivity contribution < 1.29 is 14.0 Å². The Morgan fingerprint density at radius 2 is 1.73 bits per heavy atom. The van der Waals surface area contributed by atoms with E-state index >= 15 is 0 Å². The Hall–Kier alpha value is -1.39. The molecule has 1 aliphatic rings. The number of hydrogen-bond acceptors (Lipinski definition) is 3. The van der Waals surface area contributed by atoms with Crippen LogP contribution in [0.25, 0.3) is 0 Å². The monoisotopic (exact) mass is 374 g/mol. The molecule has 2 atom stereocenters. The van der Waals surface area contributed by atoms with Gasteiger partial charge in [-0.25, -0.2) is 0 Å². The van der Waals surface area contributed by atoms with Crippen LogP contribution in [0, 0.1) is 0 Å². The van der Waals surface area contributed by atoms with Crippen molar-refractivity contribution in [2.24, 2.45) is 0 Å². The summed E-state index contributed by atoms with van der Waals surface area (Å²) in [5.41, 5.74) is 2.16. The van der Waals surface area contributed by atoms with Gasteiger partial charge in [0.25, 0.3) is 0 Å². The number of ether oxygens (including phenoxy) is 1. The first kappa shape index (κ1) is 20.9. The second-order valence-corrected chi connectivity index (χ2v) is 13.6. The van der Waals surface area contributed by atoms with Gasteiger partial charge in [-0.15, -0.1) is 0 Å². The average molecular weight is 375 g/mol. The van der Waals surface area contributed by atoms with Crippen molar-refractivity contribution in [2.75, 3.05) is 0 Å². The topological polar surface area (TPSA) is 35.5 Å². The molecule has 0 unspecified atom stereocenters. The molecule has 1 aromatic rings. The zero-order chi connectivity index (χ0) is 19.4. The number of esters is 1. The van der Waals surface area contributed by atoms with Crippen LogP contribution in [0.3, 0.4) is 0 Å². The molecule has 0 radical (unpaired) electrons. The zero-order valence-electron chi connectivity index (χ0n) is 17.0. The van der Waals surface area contributed by atoms with Crippen molar-refractivity contribution in [1.82, 2.24) is 0 Å². The Kier molecular flexibility index (Phi) is 6.86. The van der Waals surface area contributed by atoms with Crippen molar-refractivity contribution >= 4 is 14.3 Å². The van der Waals surface area contributed by atoms with Crippen LogP contribution in [-0.4, -0.2) is 20.4 Å². The highest BCUT2D eigenvalue weighted by atomic mass is 28.4. The van der Waals surface area contributed by atoms with Gasteiger partial charge < -0.3 is 9.16 Å². The van der Waals surface area contributed by atoms with Crippen molar-refractivity contribution in [1.29, 1.82) is 0 Å². The van der Waals surface area contributed by atoms with E-state index in [1.54, 1.807) is 0 Å². The molecule has 1 saturated heterocycles. The van der Waals surface area contributed by atoms with E-state index in [0.29, 0.717) is 12.8 Å². The quantitative estimate of drug-likeness (QED) is 0.360. The lowest BCUT2D eigenvalue weighted by Crippen LogP contribution is -2.44. The van der Waals surface area contributed by atoms with Crippen LogP contribution in [0.15, 0.2) is 42.5 Å². The third-order valence-corrected chi connectivity index (χ3v) is 10.2. The van der Waals surface area contributed by atoms with E-state index in [1.807, 2.05) is 30.3 Å². The van der Waals surface area contributed by atoms with Gasteiger partial charge in [0.15, 0.2) is 8.32 Å². The number of cyclic esters (lactones) is 1. The molecule has 3 nitrogen and oxygen atoms in total. The minimum atomic E-state index is -1.95. The summed E-state index contributed by atoms with van der Waals surface area (Å²) in [7, 11) is -1.95. The molecule has 0 aliphatic carbocycles. The van der Waals surface area contributed by atoms with Crippen molar-refractivity contribution in [3.05, 3.63) is 48.0 Å². The third kappa shape index (κ3) is 5.55. The number of carbonyl (C=O) groups excluding carboxylic acids is 1. The molecule has 26 heavy (non-hydrogen) atoms. The average Bonchev–Trinajstić information content (AvgIpc) is 2.56. The normalized spacial score (nSPS) is 23.4. The highest BCUT2D eigenvalue weighted by Crippen LogP contribution is 2.40. The first-order valence-corrected chi connectivity index (χ1v) is 12.6. The van der Waals surface area contributed by atoms with Gasteiger partial charge in [0.1, 0.15) is 6.10 Å². The van der Waals surface area contributed by atoms with Crippen molar-refractivity contribution in [3.8, 4) is 0 Å². The van der Waals surface area contributed by atoms with Gasteiger partial charge in [0.2, 0.25) is 0 Å². The molecule has 1 aliphatic heterocycles. The molecule has 1 heterocycles. The smallest absolute Gasteiger partial charge is 0.306 e. The fraction of sp³-hybridized carbons (Fsp3) is 0.591. The molecule has 1 fully saturated rings. The fourth-order valence-corrected chi connectivity index (χ4v) is 4.27. The van der Waals surface area contributed by atoms with E-state index in [4.69, 9.17) is 9.16 Å². The molecule has 0 bridgehead atoms. The Morgan fingerprint density at radius 3 is 2.35 bits per heavy atom. The van der Waals surface area contributed by atoms with E-state index in [2.05, 4.69) is 40.4 Å². The van der Waals surface area contributed by atoms with E-state index in [0.717, 1.165) is 30.4 Å². The van der Waals surface area contributed by atoms with Crippen LogP contribution in [-0.2, 0) is 14.0 Å². The van der Waals surface area contributed by atoms with Crippen LogP contribution < -0.4 is 0 Å². The van der Waals surface area contributed by atoms with E-state index in [9.17, 15) is 4.79 Å². The van der Waals surface area contributed by atoms with E-state index in [1.165, 1.54) is 0 Å². The summed E-state index contributed by atoms with van der Waals surface area (Å²) >= 11 is 0. The Balaban J connectivity index is 2.29. The van der Waals surface area contributed by atoms with Crippen LogP contribution in [0.2, 0.25) is 18.1 Å². The van der Waals surface area contributed by atoms with Gasteiger partial charge in [0, 0.05) is 12.8 Å². The molecule has 1 aromatic carbocycles. The summed E-state index contributed by atoms with van der Waals surface area (Å²) in [5.74, 6) is -0.113. The van der Waals surface area contributed by atoms with Gasteiger partial charge in [0.05, 0.1) is 6.10 Å². The molecular weight excluding hydrogens is 340 g/mol. The molecular formula is C22H34O3Si. The van der Waals surface area contributed by atoms with Gasteiger partial charge in [-0.2, -0.15) is 0 Å². The molecule has 0 N–H and O–H groups in total. The lowest BCUT2D eigenvalue weighted by Gasteiger charge is -2.40. The standard InChI is InChI=1S/C22H34O3Si/c1-17-12-10-11-15-21(23)24-20(18-13-8-7-9-14-18)16-19(17)25-26(5,6)22(2,3)4/h7-9,13-14,19-20H,1,10-12,15-16H2,2-6H3/t19-,20-/m1/s1.